The van der Waals surface area contributed by atoms with Gasteiger partial charge in [0, 0.05) is 22.8 Å². The van der Waals surface area contributed by atoms with E-state index in [0.717, 1.165) is 0 Å². The Hall–Kier alpha value is -3.67. The topological polar surface area (TPSA) is 143 Å². The van der Waals surface area contributed by atoms with Crippen LogP contribution >= 0.6 is 0 Å². The third-order valence-electron chi connectivity index (χ3n) is 2.97. The van der Waals surface area contributed by atoms with Crippen molar-refractivity contribution in [2.75, 3.05) is 5.32 Å². The van der Waals surface area contributed by atoms with E-state index in [1.807, 2.05) is 6.07 Å². The van der Waals surface area contributed by atoms with Crippen LogP contribution in [-0.4, -0.2) is 36.7 Å². The summed E-state index contributed by atoms with van der Waals surface area (Å²) in [5.74, 6) is -0.871. The first-order chi connectivity index (χ1) is 10.7. The van der Waals surface area contributed by atoms with Gasteiger partial charge in [-0.1, -0.05) is 6.07 Å². The molecular weight excluding hydrogens is 286 g/mol. The quantitative estimate of drug-likeness (QED) is 0.532. The first-order valence-corrected chi connectivity index (χ1v) is 6.14. The molecule has 0 aliphatic heterocycles. The van der Waals surface area contributed by atoms with E-state index in [9.17, 15) is 4.79 Å². The number of H-pyrrole nitrogens is 2. The van der Waals surface area contributed by atoms with Crippen LogP contribution in [0.15, 0.2) is 30.5 Å². The molecule has 0 bridgehead atoms. The van der Waals surface area contributed by atoms with E-state index >= 15 is 0 Å². The van der Waals surface area contributed by atoms with E-state index in [2.05, 4.69) is 30.9 Å². The SMILES string of the molecule is N#CC(=CNc1cccc2[nH]c(C(=O)O)cc12)c1nn[nH]n1. The molecule has 0 saturated heterocycles. The molecule has 1 aromatic carbocycles. The van der Waals surface area contributed by atoms with Gasteiger partial charge in [-0.2, -0.15) is 10.5 Å². The molecule has 0 aliphatic carbocycles. The van der Waals surface area contributed by atoms with Crippen molar-refractivity contribution in [2.24, 2.45) is 0 Å². The van der Waals surface area contributed by atoms with Crippen LogP contribution in [0.2, 0.25) is 0 Å². The number of fused-ring (bicyclic) bond motifs is 1. The molecule has 108 valence electrons. The van der Waals surface area contributed by atoms with Gasteiger partial charge < -0.3 is 15.4 Å². The first kappa shape index (κ1) is 13.3. The molecule has 0 amide bonds. The van der Waals surface area contributed by atoms with Gasteiger partial charge in [-0.25, -0.2) is 4.79 Å². The zero-order valence-corrected chi connectivity index (χ0v) is 11.0. The number of carboxylic acid groups (broad SMARTS) is 1. The van der Waals surface area contributed by atoms with E-state index in [1.54, 1.807) is 18.2 Å². The highest BCUT2D eigenvalue weighted by molar-refractivity contribution is 5.99. The predicted octanol–water partition coefficient (Wildman–Crippen LogP) is 1.36. The highest BCUT2D eigenvalue weighted by Gasteiger charge is 2.10. The summed E-state index contributed by atoms with van der Waals surface area (Å²) in [6.07, 6.45) is 1.44. The van der Waals surface area contributed by atoms with Crippen molar-refractivity contribution in [1.29, 1.82) is 5.26 Å². The van der Waals surface area contributed by atoms with Gasteiger partial charge in [0.1, 0.15) is 17.3 Å². The van der Waals surface area contributed by atoms with Crippen molar-refractivity contribution in [3.63, 3.8) is 0 Å². The third-order valence-corrected chi connectivity index (χ3v) is 2.97. The van der Waals surface area contributed by atoms with E-state index in [1.165, 1.54) is 12.3 Å². The normalized spacial score (nSPS) is 11.3. The lowest BCUT2D eigenvalue weighted by Gasteiger charge is -2.02. The minimum absolute atomic E-state index is 0.0897. The fourth-order valence-electron chi connectivity index (χ4n) is 1.97. The number of rotatable bonds is 4. The van der Waals surface area contributed by atoms with Crippen molar-refractivity contribution in [3.8, 4) is 6.07 Å². The largest absolute Gasteiger partial charge is 0.477 e. The highest BCUT2D eigenvalue weighted by atomic mass is 16.4. The Morgan fingerprint density at radius 1 is 1.45 bits per heavy atom. The summed E-state index contributed by atoms with van der Waals surface area (Å²) in [6, 6.07) is 8.78. The Balaban J connectivity index is 1.97. The number of anilines is 1. The average molecular weight is 295 g/mol. The molecule has 0 spiro atoms. The molecule has 2 aromatic heterocycles. The van der Waals surface area contributed by atoms with Crippen molar-refractivity contribution in [3.05, 3.63) is 42.0 Å². The Labute approximate surface area is 123 Å². The molecule has 9 nitrogen and oxygen atoms in total. The number of tetrazole rings is 1. The standard InChI is InChI=1S/C13H9N7O2/c14-5-7(12-17-19-20-18-12)6-15-9-2-1-3-10-8(9)4-11(16-10)13(21)22/h1-4,6,15-16H,(H,21,22)(H,17,18,19,20). The number of allylic oxidation sites excluding steroid dienone is 1. The molecule has 22 heavy (non-hydrogen) atoms. The van der Waals surface area contributed by atoms with Crippen molar-refractivity contribution in [1.82, 2.24) is 25.6 Å². The Morgan fingerprint density at radius 2 is 2.32 bits per heavy atom. The molecule has 9 heteroatoms. The van der Waals surface area contributed by atoms with E-state index in [4.69, 9.17) is 10.4 Å². The summed E-state index contributed by atoms with van der Waals surface area (Å²) in [5.41, 5.74) is 1.61. The molecule has 0 unspecified atom stereocenters. The van der Waals surface area contributed by atoms with Crippen LogP contribution in [-0.2, 0) is 0 Å². The highest BCUT2D eigenvalue weighted by Crippen LogP contribution is 2.25. The number of nitriles is 1. The monoisotopic (exact) mass is 295 g/mol. The molecule has 3 aromatic rings. The Kier molecular flexibility index (Phi) is 3.25. The Morgan fingerprint density at radius 3 is 3.00 bits per heavy atom. The summed E-state index contributed by atoms with van der Waals surface area (Å²) >= 11 is 0. The summed E-state index contributed by atoms with van der Waals surface area (Å²) in [6.45, 7) is 0. The molecule has 0 radical (unpaired) electrons. The summed E-state index contributed by atoms with van der Waals surface area (Å²) in [4.78, 5) is 13.8. The molecule has 3 rings (SSSR count). The van der Waals surface area contributed by atoms with E-state index in [-0.39, 0.29) is 17.1 Å². The molecule has 0 atom stereocenters. The van der Waals surface area contributed by atoms with Crippen LogP contribution in [0.3, 0.4) is 0 Å². The number of aromatic amines is 2. The maximum Gasteiger partial charge on any atom is 0.352 e. The Bertz CT molecular complexity index is 902. The number of nitrogens with zero attached hydrogens (tertiary/aromatic N) is 4. The number of aromatic nitrogens is 5. The summed E-state index contributed by atoms with van der Waals surface area (Å²) in [5, 5.41) is 34.9. The van der Waals surface area contributed by atoms with Gasteiger partial charge in [-0.3, -0.25) is 0 Å². The molecule has 0 aliphatic rings. The van der Waals surface area contributed by atoms with Crippen LogP contribution in [0.4, 0.5) is 5.69 Å². The van der Waals surface area contributed by atoms with Gasteiger partial charge in [0.25, 0.3) is 0 Å². The van der Waals surface area contributed by atoms with Gasteiger partial charge in [-0.05, 0) is 23.4 Å². The van der Waals surface area contributed by atoms with Crippen LogP contribution in [0, 0.1) is 11.3 Å². The summed E-state index contributed by atoms with van der Waals surface area (Å²) < 4.78 is 0. The second-order valence-corrected chi connectivity index (χ2v) is 4.30. The van der Waals surface area contributed by atoms with Crippen LogP contribution in [0.1, 0.15) is 16.3 Å². The first-order valence-electron chi connectivity index (χ1n) is 6.14. The zero-order chi connectivity index (χ0) is 15.5. The van der Waals surface area contributed by atoms with E-state index < -0.39 is 5.97 Å². The van der Waals surface area contributed by atoms with Crippen molar-refractivity contribution in [2.45, 2.75) is 0 Å². The van der Waals surface area contributed by atoms with E-state index in [0.29, 0.717) is 16.6 Å². The fourth-order valence-corrected chi connectivity index (χ4v) is 1.97. The number of aromatic carboxylic acids is 1. The second kappa shape index (κ2) is 5.37. The number of benzene rings is 1. The number of hydrogen-bond acceptors (Lipinski definition) is 6. The molecule has 0 saturated carbocycles. The lowest BCUT2D eigenvalue weighted by molar-refractivity contribution is 0.0691. The van der Waals surface area contributed by atoms with Gasteiger partial charge >= 0.3 is 5.97 Å². The zero-order valence-electron chi connectivity index (χ0n) is 11.0. The molecule has 2 heterocycles. The predicted molar refractivity (Wildman–Crippen MR) is 76.6 cm³/mol. The second-order valence-electron chi connectivity index (χ2n) is 4.30. The molecular formula is C13H9N7O2. The molecule has 4 N–H and O–H groups in total. The number of hydrogen-bond donors (Lipinski definition) is 4. The van der Waals surface area contributed by atoms with Crippen LogP contribution < -0.4 is 5.32 Å². The minimum Gasteiger partial charge on any atom is -0.477 e. The van der Waals surface area contributed by atoms with Crippen molar-refractivity contribution < 1.29 is 9.90 Å². The molecule has 0 fully saturated rings. The van der Waals surface area contributed by atoms with Crippen molar-refractivity contribution >= 4 is 28.1 Å². The maximum atomic E-state index is 11.0. The number of nitrogens with one attached hydrogen (secondary N) is 3. The lowest BCUT2D eigenvalue weighted by Crippen LogP contribution is -1.94. The summed E-state index contributed by atoms with van der Waals surface area (Å²) in [7, 11) is 0. The average Bonchev–Trinajstić information content (AvgIpc) is 3.17. The number of carbonyl (C=O) groups is 1. The number of carboxylic acids is 1. The van der Waals surface area contributed by atoms with Crippen LogP contribution in [0.25, 0.3) is 16.5 Å². The van der Waals surface area contributed by atoms with Gasteiger partial charge in [-0.15, -0.1) is 10.2 Å². The van der Waals surface area contributed by atoms with Gasteiger partial charge in [0.2, 0.25) is 5.82 Å². The van der Waals surface area contributed by atoms with Gasteiger partial charge in [0.05, 0.1) is 0 Å². The minimum atomic E-state index is -1.04. The van der Waals surface area contributed by atoms with Gasteiger partial charge in [0.15, 0.2) is 0 Å². The fraction of sp³-hybridized carbons (Fsp3) is 0. The maximum absolute atomic E-state index is 11.0. The smallest absolute Gasteiger partial charge is 0.352 e. The lowest BCUT2D eigenvalue weighted by atomic mass is 10.2. The third kappa shape index (κ3) is 2.36. The van der Waals surface area contributed by atoms with Crippen LogP contribution in [0.5, 0.6) is 0 Å².